The predicted octanol–water partition coefficient (Wildman–Crippen LogP) is 6.05. The van der Waals surface area contributed by atoms with Gasteiger partial charge in [0, 0.05) is 29.8 Å². The molecule has 0 amide bonds. The van der Waals surface area contributed by atoms with Gasteiger partial charge in [-0.25, -0.2) is 9.97 Å². The van der Waals surface area contributed by atoms with E-state index in [1.165, 1.54) is 0 Å². The zero-order chi connectivity index (χ0) is 22.7. The first-order valence-corrected chi connectivity index (χ1v) is 10.8. The van der Waals surface area contributed by atoms with Gasteiger partial charge in [-0.15, -0.1) is 0 Å². The fourth-order valence-electron chi connectivity index (χ4n) is 3.73. The molecule has 1 heterocycles. The van der Waals surface area contributed by atoms with E-state index in [1.54, 1.807) is 6.92 Å². The topological polar surface area (TPSA) is 55.3 Å². The lowest BCUT2D eigenvalue weighted by Gasteiger charge is -2.22. The fraction of sp³-hybridized carbons (Fsp3) is 0.222. The number of aromatic nitrogens is 2. The van der Waals surface area contributed by atoms with Crippen molar-refractivity contribution in [2.75, 3.05) is 11.9 Å². The summed E-state index contributed by atoms with van der Waals surface area (Å²) in [6.45, 7) is 6.04. The Morgan fingerprint density at radius 1 is 1.00 bits per heavy atom. The first kappa shape index (κ1) is 21.5. The van der Waals surface area contributed by atoms with Crippen molar-refractivity contribution in [3.05, 3.63) is 89.2 Å². The Balaban J connectivity index is 1.62. The molecule has 4 rings (SSSR count). The number of ketones is 1. The van der Waals surface area contributed by atoms with Gasteiger partial charge in [0.25, 0.3) is 0 Å². The van der Waals surface area contributed by atoms with E-state index in [2.05, 4.69) is 35.0 Å². The number of aryl methyl sites for hydroxylation is 2. The number of fused-ring (bicyclic) bond motifs is 1. The summed E-state index contributed by atoms with van der Waals surface area (Å²) < 4.78 is 6.21. The third-order valence-electron chi connectivity index (χ3n) is 5.59. The van der Waals surface area contributed by atoms with Crippen LogP contribution in [0.3, 0.4) is 0 Å². The van der Waals surface area contributed by atoms with Crippen molar-refractivity contribution >= 4 is 28.2 Å². The second kappa shape index (κ2) is 9.18. The number of para-hydroxylation sites is 1. The van der Waals surface area contributed by atoms with Crippen LogP contribution in [0.25, 0.3) is 10.9 Å². The van der Waals surface area contributed by atoms with Crippen LogP contribution in [-0.2, 0) is 13.0 Å². The number of ether oxygens (including phenoxy) is 1. The molecule has 0 spiro atoms. The zero-order valence-corrected chi connectivity index (χ0v) is 18.9. The fourth-order valence-corrected chi connectivity index (χ4v) is 3.73. The highest BCUT2D eigenvalue weighted by atomic mass is 16.5. The van der Waals surface area contributed by atoms with E-state index < -0.39 is 0 Å². The lowest BCUT2D eigenvalue weighted by Crippen LogP contribution is -2.13. The van der Waals surface area contributed by atoms with Gasteiger partial charge in [-0.1, -0.05) is 49.4 Å². The first-order valence-electron chi connectivity index (χ1n) is 10.8. The molecule has 0 aliphatic carbocycles. The van der Waals surface area contributed by atoms with Gasteiger partial charge >= 0.3 is 0 Å². The molecule has 5 nitrogen and oxygen atoms in total. The van der Waals surface area contributed by atoms with Gasteiger partial charge in [-0.3, -0.25) is 4.79 Å². The van der Waals surface area contributed by atoms with Crippen molar-refractivity contribution in [3.8, 4) is 5.75 Å². The van der Waals surface area contributed by atoms with Crippen LogP contribution < -0.4 is 9.64 Å². The van der Waals surface area contributed by atoms with E-state index in [0.29, 0.717) is 12.2 Å². The molecule has 0 aliphatic heterocycles. The minimum absolute atomic E-state index is 0.0639. The van der Waals surface area contributed by atoms with Crippen LogP contribution in [-0.4, -0.2) is 22.8 Å². The smallest absolute Gasteiger partial charge is 0.159 e. The summed E-state index contributed by atoms with van der Waals surface area (Å²) >= 11 is 0. The SMILES string of the molecule is CCc1ccc(N(C)c2nc(C)nc3ccccc23)cc1OCc1ccc(C(C)=O)cc1. The molecule has 3 aromatic carbocycles. The number of hydrogen-bond donors (Lipinski definition) is 0. The average Bonchev–Trinajstić information content (AvgIpc) is 2.81. The lowest BCUT2D eigenvalue weighted by molar-refractivity contribution is 0.101. The summed E-state index contributed by atoms with van der Waals surface area (Å²) in [5.41, 5.74) is 4.79. The minimum atomic E-state index is 0.0639. The Kier molecular flexibility index (Phi) is 6.17. The van der Waals surface area contributed by atoms with Crippen LogP contribution in [0.2, 0.25) is 0 Å². The Morgan fingerprint density at radius 3 is 2.47 bits per heavy atom. The summed E-state index contributed by atoms with van der Waals surface area (Å²) in [5, 5.41) is 1.01. The molecule has 5 heteroatoms. The molecule has 0 saturated carbocycles. The number of benzene rings is 3. The third-order valence-corrected chi connectivity index (χ3v) is 5.59. The third kappa shape index (κ3) is 4.47. The maximum atomic E-state index is 11.5. The second-order valence-electron chi connectivity index (χ2n) is 7.86. The molecule has 0 radical (unpaired) electrons. The van der Waals surface area contributed by atoms with Crippen LogP contribution in [0.4, 0.5) is 11.5 Å². The van der Waals surface area contributed by atoms with Crippen LogP contribution >= 0.6 is 0 Å². The monoisotopic (exact) mass is 425 g/mol. The van der Waals surface area contributed by atoms with E-state index >= 15 is 0 Å². The van der Waals surface area contributed by atoms with Crippen LogP contribution in [0, 0.1) is 6.92 Å². The molecule has 0 atom stereocenters. The highest BCUT2D eigenvalue weighted by molar-refractivity contribution is 5.94. The van der Waals surface area contributed by atoms with Crippen molar-refractivity contribution in [2.24, 2.45) is 0 Å². The highest BCUT2D eigenvalue weighted by Gasteiger charge is 2.14. The molecular formula is C27H27N3O2. The summed E-state index contributed by atoms with van der Waals surface area (Å²) in [6.07, 6.45) is 0.873. The number of Topliss-reactive ketones (excluding diaryl/α,β-unsaturated/α-hetero) is 1. The molecule has 0 bridgehead atoms. The van der Waals surface area contributed by atoms with Gasteiger partial charge in [0.1, 0.15) is 24.0 Å². The molecular weight excluding hydrogens is 398 g/mol. The van der Waals surface area contributed by atoms with Crippen molar-refractivity contribution in [2.45, 2.75) is 33.8 Å². The molecule has 0 saturated heterocycles. The second-order valence-corrected chi connectivity index (χ2v) is 7.86. The van der Waals surface area contributed by atoms with Crippen molar-refractivity contribution < 1.29 is 9.53 Å². The molecule has 0 unspecified atom stereocenters. The van der Waals surface area contributed by atoms with E-state index in [0.717, 1.165) is 51.5 Å². The number of rotatable bonds is 7. The summed E-state index contributed by atoms with van der Waals surface area (Å²) in [7, 11) is 2.01. The van der Waals surface area contributed by atoms with Gasteiger partial charge in [-0.2, -0.15) is 0 Å². The molecule has 1 aromatic heterocycles. The first-order chi connectivity index (χ1) is 15.5. The number of anilines is 2. The van der Waals surface area contributed by atoms with Gasteiger partial charge in [0.2, 0.25) is 0 Å². The molecule has 0 N–H and O–H groups in total. The molecule has 0 fully saturated rings. The average molecular weight is 426 g/mol. The number of hydrogen-bond acceptors (Lipinski definition) is 5. The number of nitrogens with zero attached hydrogens (tertiary/aromatic N) is 3. The Bertz CT molecular complexity index is 1270. The van der Waals surface area contributed by atoms with Gasteiger partial charge in [-0.05, 0) is 49.6 Å². The highest BCUT2D eigenvalue weighted by Crippen LogP contribution is 2.32. The normalized spacial score (nSPS) is 10.9. The Labute approximate surface area is 188 Å². The van der Waals surface area contributed by atoms with Crippen molar-refractivity contribution in [1.82, 2.24) is 9.97 Å². The van der Waals surface area contributed by atoms with Crippen LogP contribution in [0.1, 0.15) is 41.2 Å². The van der Waals surface area contributed by atoms with E-state index in [-0.39, 0.29) is 5.78 Å². The lowest BCUT2D eigenvalue weighted by atomic mass is 10.1. The van der Waals surface area contributed by atoms with Crippen molar-refractivity contribution in [3.63, 3.8) is 0 Å². The van der Waals surface area contributed by atoms with E-state index in [4.69, 9.17) is 9.72 Å². The molecule has 162 valence electrons. The molecule has 32 heavy (non-hydrogen) atoms. The number of carbonyl (C=O) groups is 1. The van der Waals surface area contributed by atoms with Crippen LogP contribution in [0.5, 0.6) is 5.75 Å². The van der Waals surface area contributed by atoms with Crippen molar-refractivity contribution in [1.29, 1.82) is 0 Å². The van der Waals surface area contributed by atoms with Gasteiger partial charge < -0.3 is 9.64 Å². The predicted molar refractivity (Wildman–Crippen MR) is 129 cm³/mol. The maximum absolute atomic E-state index is 11.5. The maximum Gasteiger partial charge on any atom is 0.159 e. The summed E-state index contributed by atoms with van der Waals surface area (Å²) in [6, 6.07) is 21.9. The zero-order valence-electron chi connectivity index (χ0n) is 18.9. The van der Waals surface area contributed by atoms with E-state index in [9.17, 15) is 4.79 Å². The quantitative estimate of drug-likeness (QED) is 0.337. The van der Waals surface area contributed by atoms with Crippen LogP contribution in [0.15, 0.2) is 66.7 Å². The Hall–Kier alpha value is -3.73. The minimum Gasteiger partial charge on any atom is -0.489 e. The van der Waals surface area contributed by atoms with E-state index in [1.807, 2.05) is 62.5 Å². The summed E-state index contributed by atoms with van der Waals surface area (Å²) in [4.78, 5) is 22.8. The number of carbonyl (C=O) groups excluding carboxylic acids is 1. The Morgan fingerprint density at radius 2 is 1.75 bits per heavy atom. The standard InChI is InChI=1S/C27H27N3O2/c1-5-21-14-15-23(16-26(21)32-17-20-10-12-22(13-11-20)18(2)31)30(4)27-24-8-6-7-9-25(24)28-19(3)29-27/h6-16H,5,17H2,1-4H3. The van der Waals surface area contributed by atoms with Gasteiger partial charge in [0.15, 0.2) is 5.78 Å². The van der Waals surface area contributed by atoms with Gasteiger partial charge in [0.05, 0.1) is 5.52 Å². The molecule has 4 aromatic rings. The molecule has 0 aliphatic rings. The summed E-state index contributed by atoms with van der Waals surface area (Å²) in [5.74, 6) is 2.51. The largest absolute Gasteiger partial charge is 0.489 e.